The Bertz CT molecular complexity index is 634. The van der Waals surface area contributed by atoms with Crippen LogP contribution >= 0.6 is 0 Å². The number of nitrogens with one attached hydrogen (secondary N) is 2. The van der Waals surface area contributed by atoms with Gasteiger partial charge in [-0.25, -0.2) is 0 Å². The Labute approximate surface area is 120 Å². The van der Waals surface area contributed by atoms with Gasteiger partial charge in [-0.2, -0.15) is 10.3 Å². The van der Waals surface area contributed by atoms with Gasteiger partial charge in [-0.1, -0.05) is 0 Å². The van der Waals surface area contributed by atoms with E-state index >= 15 is 0 Å². The van der Waals surface area contributed by atoms with E-state index < -0.39 is 0 Å². The molecule has 0 atom stereocenters. The zero-order chi connectivity index (χ0) is 14.7. The summed E-state index contributed by atoms with van der Waals surface area (Å²) < 4.78 is 4.98. The first-order chi connectivity index (χ1) is 10.3. The van der Waals surface area contributed by atoms with E-state index in [-0.39, 0.29) is 30.5 Å². The molecule has 0 unspecified atom stereocenters. The number of nitrogens with zero attached hydrogens (tertiary/aromatic N) is 3. The van der Waals surface area contributed by atoms with Gasteiger partial charge in [0, 0.05) is 19.5 Å². The summed E-state index contributed by atoms with van der Waals surface area (Å²) in [5, 5.41) is 13.2. The predicted molar refractivity (Wildman–Crippen MR) is 72.7 cm³/mol. The van der Waals surface area contributed by atoms with Gasteiger partial charge in [-0.05, 0) is 25.0 Å². The summed E-state index contributed by atoms with van der Waals surface area (Å²) in [5.41, 5.74) is 0.814. The van der Waals surface area contributed by atoms with Gasteiger partial charge in [0.15, 0.2) is 11.6 Å². The van der Waals surface area contributed by atoms with Crippen LogP contribution in [0.15, 0.2) is 22.8 Å². The number of aryl methyl sites for hydroxylation is 1. The number of fused-ring (bicyclic) bond motifs is 1. The van der Waals surface area contributed by atoms with E-state index in [9.17, 15) is 9.59 Å². The second-order valence-corrected chi connectivity index (χ2v) is 4.73. The number of anilines is 1. The van der Waals surface area contributed by atoms with Crippen LogP contribution in [0.3, 0.4) is 0 Å². The number of carbonyl (C=O) groups is 2. The van der Waals surface area contributed by atoms with Crippen LogP contribution in [0.4, 0.5) is 5.82 Å². The molecule has 0 saturated carbocycles. The number of aromatic nitrogens is 3. The fourth-order valence-electron chi connectivity index (χ4n) is 2.30. The summed E-state index contributed by atoms with van der Waals surface area (Å²) in [6, 6.07) is 3.21. The van der Waals surface area contributed by atoms with Gasteiger partial charge in [0.1, 0.15) is 5.69 Å². The lowest BCUT2D eigenvalue weighted by Crippen LogP contribution is -2.38. The minimum atomic E-state index is -0.325. The number of aromatic amines is 1. The Kier molecular flexibility index (Phi) is 3.67. The second-order valence-electron chi connectivity index (χ2n) is 4.73. The highest BCUT2D eigenvalue weighted by Gasteiger charge is 2.25. The summed E-state index contributed by atoms with van der Waals surface area (Å²) >= 11 is 0. The van der Waals surface area contributed by atoms with Crippen molar-refractivity contribution in [2.24, 2.45) is 0 Å². The SMILES string of the molecule is O=C(NCCC(=O)N1CCCc2n[nH]nc21)c1ccco1. The molecule has 0 aromatic carbocycles. The molecule has 3 rings (SSSR count). The van der Waals surface area contributed by atoms with Crippen LogP contribution in [0, 0.1) is 0 Å². The zero-order valence-electron chi connectivity index (χ0n) is 11.3. The zero-order valence-corrected chi connectivity index (χ0v) is 11.3. The molecule has 8 nitrogen and oxygen atoms in total. The molecule has 2 N–H and O–H groups in total. The summed E-state index contributed by atoms with van der Waals surface area (Å²) in [5.74, 6) is 0.431. The third kappa shape index (κ3) is 2.78. The van der Waals surface area contributed by atoms with Gasteiger partial charge in [-0.3, -0.25) is 14.5 Å². The molecule has 8 heteroatoms. The molecule has 0 spiro atoms. The van der Waals surface area contributed by atoms with E-state index in [0.717, 1.165) is 18.5 Å². The van der Waals surface area contributed by atoms with Crippen molar-refractivity contribution in [3.05, 3.63) is 29.9 Å². The Morgan fingerprint density at radius 2 is 2.33 bits per heavy atom. The van der Waals surface area contributed by atoms with Gasteiger partial charge < -0.3 is 9.73 Å². The van der Waals surface area contributed by atoms with E-state index in [0.29, 0.717) is 12.4 Å². The lowest BCUT2D eigenvalue weighted by Gasteiger charge is -2.24. The fraction of sp³-hybridized carbons (Fsp3) is 0.385. The van der Waals surface area contributed by atoms with E-state index in [4.69, 9.17) is 4.42 Å². The van der Waals surface area contributed by atoms with Crippen molar-refractivity contribution in [2.45, 2.75) is 19.3 Å². The molecule has 0 radical (unpaired) electrons. The lowest BCUT2D eigenvalue weighted by atomic mass is 10.1. The molecule has 2 amide bonds. The van der Waals surface area contributed by atoms with Crippen molar-refractivity contribution >= 4 is 17.6 Å². The van der Waals surface area contributed by atoms with Gasteiger partial charge in [0.2, 0.25) is 5.91 Å². The number of furan rings is 1. The summed E-state index contributed by atoms with van der Waals surface area (Å²) in [6.07, 6.45) is 3.33. The maximum absolute atomic E-state index is 12.2. The number of amides is 2. The van der Waals surface area contributed by atoms with Crippen LogP contribution in [0.2, 0.25) is 0 Å². The van der Waals surface area contributed by atoms with Crippen molar-refractivity contribution in [3.63, 3.8) is 0 Å². The molecule has 1 aliphatic rings. The summed E-state index contributed by atoms with van der Waals surface area (Å²) in [7, 11) is 0. The highest BCUT2D eigenvalue weighted by molar-refractivity contribution is 5.94. The minimum Gasteiger partial charge on any atom is -0.459 e. The average molecular weight is 289 g/mol. The molecule has 1 aliphatic heterocycles. The monoisotopic (exact) mass is 289 g/mol. The Balaban J connectivity index is 1.53. The van der Waals surface area contributed by atoms with Gasteiger partial charge >= 0.3 is 0 Å². The molecular weight excluding hydrogens is 274 g/mol. The minimum absolute atomic E-state index is 0.0791. The number of H-pyrrole nitrogens is 1. The summed E-state index contributed by atoms with van der Waals surface area (Å²) in [6.45, 7) is 0.881. The van der Waals surface area contributed by atoms with Crippen molar-refractivity contribution in [3.8, 4) is 0 Å². The Morgan fingerprint density at radius 3 is 3.14 bits per heavy atom. The highest BCUT2D eigenvalue weighted by Crippen LogP contribution is 2.22. The molecule has 2 aromatic heterocycles. The number of rotatable bonds is 4. The maximum Gasteiger partial charge on any atom is 0.286 e. The molecule has 2 aromatic rings. The van der Waals surface area contributed by atoms with Crippen LogP contribution in [0.1, 0.15) is 29.1 Å². The van der Waals surface area contributed by atoms with Gasteiger partial charge in [0.05, 0.1) is 6.26 Å². The van der Waals surface area contributed by atoms with Crippen LogP contribution in [0.5, 0.6) is 0 Å². The number of hydrogen-bond acceptors (Lipinski definition) is 5. The number of carbonyl (C=O) groups excluding carboxylic acids is 2. The number of hydrogen-bond donors (Lipinski definition) is 2. The third-order valence-electron chi connectivity index (χ3n) is 3.32. The molecular formula is C13H15N5O3. The Hall–Kier alpha value is -2.64. The van der Waals surface area contributed by atoms with Gasteiger partial charge in [-0.15, -0.1) is 5.10 Å². The largest absolute Gasteiger partial charge is 0.459 e. The molecule has 0 aliphatic carbocycles. The first-order valence-electron chi connectivity index (χ1n) is 6.77. The summed E-state index contributed by atoms with van der Waals surface area (Å²) in [4.78, 5) is 25.5. The van der Waals surface area contributed by atoms with Crippen molar-refractivity contribution in [1.29, 1.82) is 0 Å². The second kappa shape index (κ2) is 5.78. The molecule has 0 bridgehead atoms. The highest BCUT2D eigenvalue weighted by atomic mass is 16.3. The quantitative estimate of drug-likeness (QED) is 0.852. The lowest BCUT2D eigenvalue weighted by molar-refractivity contribution is -0.118. The molecule has 3 heterocycles. The predicted octanol–water partition coefficient (Wildman–Crippen LogP) is 0.497. The molecule has 0 saturated heterocycles. The fourth-order valence-corrected chi connectivity index (χ4v) is 2.30. The van der Waals surface area contributed by atoms with Crippen LogP contribution < -0.4 is 10.2 Å². The topological polar surface area (TPSA) is 104 Å². The standard InChI is InChI=1S/C13H15N5O3/c19-11(5-6-14-13(20)10-4-2-8-21-10)18-7-1-3-9-12(18)16-17-15-9/h2,4,8H,1,3,5-7H2,(H,14,20)(H,15,16,17). The first-order valence-corrected chi connectivity index (χ1v) is 6.77. The van der Waals surface area contributed by atoms with E-state index in [2.05, 4.69) is 20.7 Å². The molecule has 21 heavy (non-hydrogen) atoms. The Morgan fingerprint density at radius 1 is 1.43 bits per heavy atom. The normalized spacial score (nSPS) is 13.8. The van der Waals surface area contributed by atoms with E-state index in [1.54, 1.807) is 17.0 Å². The maximum atomic E-state index is 12.2. The average Bonchev–Trinajstić information content (AvgIpc) is 3.17. The third-order valence-corrected chi connectivity index (χ3v) is 3.32. The van der Waals surface area contributed by atoms with Crippen LogP contribution in [0.25, 0.3) is 0 Å². The smallest absolute Gasteiger partial charge is 0.286 e. The van der Waals surface area contributed by atoms with E-state index in [1.165, 1.54) is 6.26 Å². The van der Waals surface area contributed by atoms with Crippen molar-refractivity contribution in [2.75, 3.05) is 18.0 Å². The van der Waals surface area contributed by atoms with Crippen molar-refractivity contribution < 1.29 is 14.0 Å². The van der Waals surface area contributed by atoms with Crippen LogP contribution in [-0.2, 0) is 11.2 Å². The van der Waals surface area contributed by atoms with E-state index in [1.807, 2.05) is 0 Å². The first kappa shape index (κ1) is 13.3. The van der Waals surface area contributed by atoms with Crippen LogP contribution in [-0.4, -0.2) is 40.3 Å². The molecule has 110 valence electrons. The van der Waals surface area contributed by atoms with Crippen molar-refractivity contribution in [1.82, 2.24) is 20.7 Å². The molecule has 0 fully saturated rings. The van der Waals surface area contributed by atoms with Gasteiger partial charge in [0.25, 0.3) is 5.91 Å².